The zero-order valence-corrected chi connectivity index (χ0v) is 13.4. The molecule has 0 atom stereocenters. The van der Waals surface area contributed by atoms with Crippen molar-refractivity contribution >= 4 is 23.6 Å². The number of hydrogen-bond acceptors (Lipinski definition) is 4. The van der Waals surface area contributed by atoms with Gasteiger partial charge in [-0.2, -0.15) is 0 Å². The van der Waals surface area contributed by atoms with Crippen molar-refractivity contribution < 1.29 is 19.4 Å². The summed E-state index contributed by atoms with van der Waals surface area (Å²) in [5, 5.41) is 15.0. The number of urea groups is 1. The number of nitrogens with zero attached hydrogens (tertiary/aromatic N) is 1. The lowest BCUT2D eigenvalue weighted by Crippen LogP contribution is -2.45. The topological polar surface area (TPSA) is 101 Å². The number of nitrogens with one attached hydrogen (secondary N) is 2. The zero-order valence-electron chi connectivity index (χ0n) is 12.6. The van der Waals surface area contributed by atoms with Crippen LogP contribution in [0.4, 0.5) is 4.79 Å². The number of rotatable bonds is 6. The fraction of sp³-hybridized carbons (Fsp3) is 0.533. The molecule has 1 aliphatic rings. The minimum atomic E-state index is -0.749. The Kier molecular flexibility index (Phi) is 6.46. The molecule has 0 radical (unpaired) electrons. The van der Waals surface area contributed by atoms with Crippen LogP contribution in [0.2, 0.25) is 5.02 Å². The number of halogens is 1. The Labute approximate surface area is 139 Å². The van der Waals surface area contributed by atoms with E-state index in [0.717, 1.165) is 0 Å². The first-order valence-electron chi connectivity index (χ1n) is 7.56. The van der Waals surface area contributed by atoms with E-state index in [0.29, 0.717) is 49.7 Å². The lowest BCUT2D eigenvalue weighted by molar-refractivity contribution is -0.142. The maximum absolute atomic E-state index is 11.8. The van der Waals surface area contributed by atoms with E-state index in [-0.39, 0.29) is 18.0 Å². The number of carbonyl (C=O) groups is 2. The van der Waals surface area contributed by atoms with Crippen molar-refractivity contribution in [2.45, 2.75) is 31.7 Å². The Morgan fingerprint density at radius 1 is 1.30 bits per heavy atom. The minimum absolute atomic E-state index is 0.0319. The predicted octanol–water partition coefficient (Wildman–Crippen LogP) is 2.06. The van der Waals surface area contributed by atoms with E-state index in [1.165, 1.54) is 6.20 Å². The Hall–Kier alpha value is -2.02. The molecule has 7 nitrogen and oxygen atoms in total. The summed E-state index contributed by atoms with van der Waals surface area (Å²) < 4.78 is 5.36. The molecule has 0 saturated heterocycles. The largest absolute Gasteiger partial charge is 0.481 e. The molecule has 23 heavy (non-hydrogen) atoms. The van der Waals surface area contributed by atoms with Gasteiger partial charge in [0.2, 0.25) is 5.88 Å². The lowest BCUT2D eigenvalue weighted by Gasteiger charge is -2.26. The molecule has 0 aliphatic heterocycles. The van der Waals surface area contributed by atoms with Crippen LogP contribution in [0.25, 0.3) is 0 Å². The molecule has 1 aromatic rings. The quantitative estimate of drug-likeness (QED) is 0.687. The Bertz CT molecular complexity index is 530. The van der Waals surface area contributed by atoms with Gasteiger partial charge in [0.25, 0.3) is 0 Å². The molecule has 1 heterocycles. The zero-order chi connectivity index (χ0) is 16.7. The van der Waals surface area contributed by atoms with Gasteiger partial charge in [0.1, 0.15) is 6.61 Å². The summed E-state index contributed by atoms with van der Waals surface area (Å²) in [5.41, 5.74) is 0. The van der Waals surface area contributed by atoms with Crippen molar-refractivity contribution in [2.24, 2.45) is 5.92 Å². The second-order valence-electron chi connectivity index (χ2n) is 5.45. The third-order valence-corrected chi connectivity index (χ3v) is 3.97. The molecule has 0 unspecified atom stereocenters. The van der Waals surface area contributed by atoms with Crippen LogP contribution in [-0.4, -0.2) is 41.3 Å². The number of hydrogen-bond donors (Lipinski definition) is 3. The van der Waals surface area contributed by atoms with Gasteiger partial charge < -0.3 is 20.5 Å². The van der Waals surface area contributed by atoms with Gasteiger partial charge in [-0.15, -0.1) is 0 Å². The summed E-state index contributed by atoms with van der Waals surface area (Å²) in [6.07, 6.45) is 4.08. The molecule has 1 aliphatic carbocycles. The normalized spacial score (nSPS) is 20.6. The Morgan fingerprint density at radius 2 is 2.04 bits per heavy atom. The molecule has 126 valence electrons. The SMILES string of the molecule is O=C(NCCOc1ccc(Cl)cn1)NC1CCC(C(=O)O)CC1. The summed E-state index contributed by atoms with van der Waals surface area (Å²) >= 11 is 5.72. The van der Waals surface area contributed by atoms with Crippen LogP contribution in [-0.2, 0) is 4.79 Å². The summed E-state index contributed by atoms with van der Waals surface area (Å²) in [7, 11) is 0. The van der Waals surface area contributed by atoms with Crippen molar-refractivity contribution in [2.75, 3.05) is 13.2 Å². The number of pyridine rings is 1. The highest BCUT2D eigenvalue weighted by molar-refractivity contribution is 6.30. The molecule has 0 spiro atoms. The van der Waals surface area contributed by atoms with Gasteiger partial charge in [-0.1, -0.05) is 11.6 Å². The molecule has 1 fully saturated rings. The van der Waals surface area contributed by atoms with Crippen molar-refractivity contribution in [3.05, 3.63) is 23.4 Å². The van der Waals surface area contributed by atoms with E-state index in [9.17, 15) is 9.59 Å². The molecule has 1 aromatic heterocycles. The number of aliphatic carboxylic acids is 1. The molecular weight excluding hydrogens is 322 g/mol. The Morgan fingerprint density at radius 3 is 2.65 bits per heavy atom. The van der Waals surface area contributed by atoms with Crippen LogP contribution >= 0.6 is 11.6 Å². The molecular formula is C15H20ClN3O4. The van der Waals surface area contributed by atoms with E-state index < -0.39 is 5.97 Å². The molecule has 2 amide bonds. The number of aromatic nitrogens is 1. The van der Waals surface area contributed by atoms with Crippen LogP contribution in [0.15, 0.2) is 18.3 Å². The van der Waals surface area contributed by atoms with Gasteiger partial charge >= 0.3 is 12.0 Å². The highest BCUT2D eigenvalue weighted by Gasteiger charge is 2.26. The van der Waals surface area contributed by atoms with Crippen molar-refractivity contribution in [3.63, 3.8) is 0 Å². The van der Waals surface area contributed by atoms with Gasteiger partial charge in [0.05, 0.1) is 17.5 Å². The third-order valence-electron chi connectivity index (χ3n) is 3.75. The van der Waals surface area contributed by atoms with Crippen LogP contribution in [0, 0.1) is 5.92 Å². The van der Waals surface area contributed by atoms with E-state index in [1.54, 1.807) is 12.1 Å². The highest BCUT2D eigenvalue weighted by atomic mass is 35.5. The van der Waals surface area contributed by atoms with E-state index >= 15 is 0 Å². The fourth-order valence-electron chi connectivity index (χ4n) is 2.49. The van der Waals surface area contributed by atoms with Gasteiger partial charge in [0, 0.05) is 18.3 Å². The maximum Gasteiger partial charge on any atom is 0.315 e. The number of carboxylic acid groups (broad SMARTS) is 1. The Balaban J connectivity index is 1.58. The molecule has 0 bridgehead atoms. The van der Waals surface area contributed by atoms with Crippen molar-refractivity contribution in [1.29, 1.82) is 0 Å². The van der Waals surface area contributed by atoms with Crippen LogP contribution in [0.5, 0.6) is 5.88 Å². The average molecular weight is 342 g/mol. The molecule has 3 N–H and O–H groups in total. The van der Waals surface area contributed by atoms with Crippen LogP contribution in [0.1, 0.15) is 25.7 Å². The number of ether oxygens (including phenoxy) is 1. The molecule has 1 saturated carbocycles. The van der Waals surface area contributed by atoms with Gasteiger partial charge in [-0.05, 0) is 31.7 Å². The average Bonchev–Trinajstić information content (AvgIpc) is 2.54. The minimum Gasteiger partial charge on any atom is -0.481 e. The molecule has 8 heteroatoms. The van der Waals surface area contributed by atoms with Gasteiger partial charge in [-0.25, -0.2) is 9.78 Å². The second kappa shape index (κ2) is 8.57. The molecule has 2 rings (SSSR count). The summed E-state index contributed by atoms with van der Waals surface area (Å²) in [6.45, 7) is 0.647. The number of amides is 2. The van der Waals surface area contributed by atoms with Gasteiger partial charge in [0.15, 0.2) is 0 Å². The van der Waals surface area contributed by atoms with Crippen LogP contribution in [0.3, 0.4) is 0 Å². The third kappa shape index (κ3) is 5.94. The summed E-state index contributed by atoms with van der Waals surface area (Å²) in [4.78, 5) is 26.6. The number of carbonyl (C=O) groups excluding carboxylic acids is 1. The predicted molar refractivity (Wildman–Crippen MR) is 84.7 cm³/mol. The van der Waals surface area contributed by atoms with Gasteiger partial charge in [-0.3, -0.25) is 4.79 Å². The lowest BCUT2D eigenvalue weighted by atomic mass is 9.86. The molecule has 0 aromatic carbocycles. The second-order valence-corrected chi connectivity index (χ2v) is 5.89. The number of carboxylic acids is 1. The summed E-state index contributed by atoms with van der Waals surface area (Å²) in [6, 6.07) is 3.10. The first kappa shape index (κ1) is 17.3. The fourth-order valence-corrected chi connectivity index (χ4v) is 2.60. The first-order chi connectivity index (χ1) is 11.0. The van der Waals surface area contributed by atoms with Crippen molar-refractivity contribution in [1.82, 2.24) is 15.6 Å². The van der Waals surface area contributed by atoms with E-state index in [4.69, 9.17) is 21.4 Å². The monoisotopic (exact) mass is 341 g/mol. The maximum atomic E-state index is 11.8. The first-order valence-corrected chi connectivity index (χ1v) is 7.94. The van der Waals surface area contributed by atoms with E-state index in [2.05, 4.69) is 15.6 Å². The van der Waals surface area contributed by atoms with Crippen molar-refractivity contribution in [3.8, 4) is 5.88 Å². The van der Waals surface area contributed by atoms with E-state index in [1.807, 2.05) is 0 Å². The standard InChI is InChI=1S/C15H20ClN3O4/c16-11-3-6-13(18-9-11)23-8-7-17-15(22)19-12-4-1-10(2-5-12)14(20)21/h3,6,9-10,12H,1-2,4-5,7-8H2,(H,20,21)(H2,17,19,22). The summed E-state index contributed by atoms with van der Waals surface area (Å²) in [5.74, 6) is -0.583. The smallest absolute Gasteiger partial charge is 0.315 e. The highest BCUT2D eigenvalue weighted by Crippen LogP contribution is 2.24. The van der Waals surface area contributed by atoms with Crippen LogP contribution < -0.4 is 15.4 Å².